The molecule has 1 saturated heterocycles. The van der Waals surface area contributed by atoms with Crippen LogP contribution in [0.3, 0.4) is 0 Å². The van der Waals surface area contributed by atoms with Crippen LogP contribution in [0.2, 0.25) is 5.02 Å². The number of anilines is 6. The summed E-state index contributed by atoms with van der Waals surface area (Å²) in [5.74, 6) is 0.501. The Morgan fingerprint density at radius 1 is 1.10 bits per heavy atom. The van der Waals surface area contributed by atoms with Gasteiger partial charge in [0.2, 0.25) is 21.9 Å². The summed E-state index contributed by atoms with van der Waals surface area (Å²) in [4.78, 5) is 23.1. The van der Waals surface area contributed by atoms with E-state index in [1.165, 1.54) is 23.9 Å². The molecular weight excluding hydrogens is 601 g/mol. The number of hydrogen-bond acceptors (Lipinski definition) is 10. The maximum absolute atomic E-state index is 12.8. The predicted octanol–water partition coefficient (Wildman–Crippen LogP) is 4.08. The highest BCUT2D eigenvalue weighted by Crippen LogP contribution is 2.40. The Balaban J connectivity index is 1.67. The van der Waals surface area contributed by atoms with Crippen LogP contribution >= 0.6 is 18.7 Å². The van der Waals surface area contributed by atoms with E-state index >= 15 is 0 Å². The predicted molar refractivity (Wildman–Crippen MR) is 170 cm³/mol. The van der Waals surface area contributed by atoms with Crippen molar-refractivity contribution in [3.63, 3.8) is 0 Å². The van der Waals surface area contributed by atoms with Gasteiger partial charge in [-0.2, -0.15) is 9.29 Å². The van der Waals surface area contributed by atoms with E-state index < -0.39 is 23.1 Å². The number of nitrogens with zero attached hydrogens (tertiary/aromatic N) is 4. The standard InChI is InChI=1S/C27H33ClN7O5PS/c1-6-25(36)30-20-15-21(23(40-2)16-22(20)34-11-13-35(14-12-34)42(5,38)39)32-27-29-17-18(28)26(33-27)31-19-9-7-8-10-24(19)41(3,4)37/h6-10,15-17H,1,11-14H2,2-5H3,(H,30,36)(H2,29,31,32,33). The minimum absolute atomic E-state index is 0.185. The Kier molecular flexibility index (Phi) is 9.47. The van der Waals surface area contributed by atoms with Gasteiger partial charge in [-0.3, -0.25) is 4.79 Å². The van der Waals surface area contributed by atoms with E-state index in [0.29, 0.717) is 65.8 Å². The third-order valence-electron chi connectivity index (χ3n) is 6.54. The molecule has 1 aliphatic heterocycles. The van der Waals surface area contributed by atoms with Crippen LogP contribution in [0.1, 0.15) is 0 Å². The first-order chi connectivity index (χ1) is 19.8. The van der Waals surface area contributed by atoms with Gasteiger partial charge in [0.15, 0.2) is 5.82 Å². The summed E-state index contributed by atoms with van der Waals surface area (Å²) in [5.41, 5.74) is 2.18. The van der Waals surface area contributed by atoms with Crippen LogP contribution in [0, 0.1) is 0 Å². The largest absolute Gasteiger partial charge is 0.494 e. The average Bonchev–Trinajstić information content (AvgIpc) is 2.94. The molecule has 3 N–H and O–H groups in total. The molecule has 0 aliphatic carbocycles. The maximum Gasteiger partial charge on any atom is 0.247 e. The molecule has 0 spiro atoms. The van der Waals surface area contributed by atoms with Crippen molar-refractivity contribution in [3.8, 4) is 5.75 Å². The van der Waals surface area contributed by atoms with E-state index in [4.69, 9.17) is 16.3 Å². The molecule has 2 heterocycles. The molecule has 1 fully saturated rings. The van der Waals surface area contributed by atoms with E-state index in [1.54, 1.807) is 37.6 Å². The molecule has 4 rings (SSSR count). The van der Waals surface area contributed by atoms with Crippen molar-refractivity contribution in [1.29, 1.82) is 0 Å². The molecule has 1 amide bonds. The average molecular weight is 634 g/mol. The van der Waals surface area contributed by atoms with Crippen molar-refractivity contribution in [3.05, 3.63) is 60.3 Å². The molecule has 2 aromatic carbocycles. The number of para-hydroxylation sites is 1. The van der Waals surface area contributed by atoms with Gasteiger partial charge in [-0.05, 0) is 37.6 Å². The number of benzene rings is 2. The number of rotatable bonds is 10. The third kappa shape index (κ3) is 7.40. The highest BCUT2D eigenvalue weighted by Gasteiger charge is 2.26. The van der Waals surface area contributed by atoms with E-state index in [-0.39, 0.29) is 11.0 Å². The second-order valence-electron chi connectivity index (χ2n) is 9.92. The summed E-state index contributed by atoms with van der Waals surface area (Å²) in [6.45, 7) is 8.35. The van der Waals surface area contributed by atoms with Crippen LogP contribution in [0.5, 0.6) is 5.75 Å². The molecule has 1 aliphatic rings. The van der Waals surface area contributed by atoms with Crippen LogP contribution in [0.25, 0.3) is 0 Å². The number of ether oxygens (including phenoxy) is 1. The lowest BCUT2D eigenvalue weighted by atomic mass is 10.1. The highest BCUT2D eigenvalue weighted by atomic mass is 35.5. The van der Waals surface area contributed by atoms with E-state index in [2.05, 4.69) is 32.5 Å². The first-order valence-electron chi connectivity index (χ1n) is 12.9. The van der Waals surface area contributed by atoms with Crippen LogP contribution < -0.4 is 30.9 Å². The number of sulfonamides is 1. The zero-order valence-corrected chi connectivity index (χ0v) is 26.2. The Morgan fingerprint density at radius 3 is 2.40 bits per heavy atom. The normalized spacial score (nSPS) is 14.3. The van der Waals surface area contributed by atoms with Crippen molar-refractivity contribution >= 4 is 74.5 Å². The number of aromatic nitrogens is 2. The van der Waals surface area contributed by atoms with Crippen molar-refractivity contribution < 1.29 is 22.5 Å². The maximum atomic E-state index is 12.8. The van der Waals surface area contributed by atoms with Gasteiger partial charge in [0.1, 0.15) is 17.9 Å². The first kappa shape index (κ1) is 31.3. The van der Waals surface area contributed by atoms with Gasteiger partial charge >= 0.3 is 0 Å². The summed E-state index contributed by atoms with van der Waals surface area (Å²) >= 11 is 6.41. The molecule has 0 bridgehead atoms. The fourth-order valence-electron chi connectivity index (χ4n) is 4.45. The van der Waals surface area contributed by atoms with Crippen LogP contribution in [-0.2, 0) is 19.4 Å². The Bertz CT molecular complexity index is 1660. The van der Waals surface area contributed by atoms with Gasteiger partial charge < -0.3 is 30.2 Å². The molecule has 3 aromatic rings. The number of piperazine rings is 1. The fourth-order valence-corrected chi connectivity index (χ4v) is 6.57. The summed E-state index contributed by atoms with van der Waals surface area (Å²) in [7, 11) is -4.39. The molecule has 0 saturated carbocycles. The second-order valence-corrected chi connectivity index (χ2v) is 15.5. The minimum atomic E-state index is -3.31. The lowest BCUT2D eigenvalue weighted by Gasteiger charge is -2.36. The van der Waals surface area contributed by atoms with Gasteiger partial charge in [0.25, 0.3) is 0 Å². The van der Waals surface area contributed by atoms with Gasteiger partial charge in [-0.15, -0.1) is 0 Å². The van der Waals surface area contributed by atoms with Gasteiger partial charge in [-0.25, -0.2) is 13.4 Å². The van der Waals surface area contributed by atoms with Crippen LogP contribution in [0.4, 0.5) is 34.5 Å². The second kappa shape index (κ2) is 12.7. The van der Waals surface area contributed by atoms with E-state index in [0.717, 1.165) is 6.08 Å². The van der Waals surface area contributed by atoms with Crippen LogP contribution in [-0.4, -0.2) is 81.5 Å². The van der Waals surface area contributed by atoms with Gasteiger partial charge in [0, 0.05) is 37.5 Å². The number of halogens is 1. The summed E-state index contributed by atoms with van der Waals surface area (Å²) in [5, 5.41) is 10.0. The molecule has 1 aromatic heterocycles. The molecule has 0 unspecified atom stereocenters. The first-order valence-corrected chi connectivity index (χ1v) is 17.7. The number of hydrogen-bond donors (Lipinski definition) is 3. The summed E-state index contributed by atoms with van der Waals surface area (Å²) < 4.78 is 43.9. The fraction of sp³-hybridized carbons (Fsp3) is 0.296. The molecule has 224 valence electrons. The third-order valence-corrected chi connectivity index (χ3v) is 9.67. The molecule has 12 nitrogen and oxygen atoms in total. The minimum Gasteiger partial charge on any atom is -0.494 e. The molecule has 0 atom stereocenters. The Labute approximate surface area is 250 Å². The van der Waals surface area contributed by atoms with E-state index in [1.807, 2.05) is 17.0 Å². The van der Waals surface area contributed by atoms with Gasteiger partial charge in [-0.1, -0.05) is 30.3 Å². The van der Waals surface area contributed by atoms with E-state index in [9.17, 15) is 17.8 Å². The molecule has 42 heavy (non-hydrogen) atoms. The summed E-state index contributed by atoms with van der Waals surface area (Å²) in [6.07, 6.45) is 3.78. The van der Waals surface area contributed by atoms with Crippen molar-refractivity contribution in [2.75, 3.05) is 73.7 Å². The number of nitrogens with one attached hydrogen (secondary N) is 3. The Morgan fingerprint density at radius 2 is 1.79 bits per heavy atom. The zero-order chi connectivity index (χ0) is 30.7. The summed E-state index contributed by atoms with van der Waals surface area (Å²) in [6, 6.07) is 10.7. The Hall–Kier alpha value is -3.64. The molecule has 15 heteroatoms. The number of amides is 1. The topological polar surface area (TPSA) is 146 Å². The van der Waals surface area contributed by atoms with Crippen molar-refractivity contribution in [1.82, 2.24) is 14.3 Å². The zero-order valence-electron chi connectivity index (χ0n) is 23.7. The van der Waals surface area contributed by atoms with Crippen LogP contribution in [0.15, 0.2) is 55.3 Å². The lowest BCUT2D eigenvalue weighted by molar-refractivity contribution is -0.111. The van der Waals surface area contributed by atoms with Crippen molar-refractivity contribution in [2.45, 2.75) is 0 Å². The number of methoxy groups -OCH3 is 1. The molecule has 0 radical (unpaired) electrons. The van der Waals surface area contributed by atoms with Gasteiger partial charge in [0.05, 0.1) is 42.3 Å². The number of carbonyl (C=O) groups excluding carboxylic acids is 1. The number of carbonyl (C=O) groups is 1. The molecular formula is C27H33ClN7O5PS. The smallest absolute Gasteiger partial charge is 0.247 e. The van der Waals surface area contributed by atoms with Crippen molar-refractivity contribution in [2.24, 2.45) is 0 Å². The monoisotopic (exact) mass is 633 g/mol. The lowest BCUT2D eigenvalue weighted by Crippen LogP contribution is -2.48. The SMILES string of the molecule is C=CC(=O)Nc1cc(Nc2ncc(Cl)c(Nc3ccccc3P(C)(C)=O)n2)c(OC)cc1N1CCN(S(C)(=O)=O)CC1. The highest BCUT2D eigenvalue weighted by molar-refractivity contribution is 7.88. The quantitative estimate of drug-likeness (QED) is 0.220.